The number of ether oxygens (including phenoxy) is 1. The average Bonchev–Trinajstić information content (AvgIpc) is 2.89. The number of imide groups is 1. The summed E-state index contributed by atoms with van der Waals surface area (Å²) in [7, 11) is 1.65. The van der Waals surface area contributed by atoms with Gasteiger partial charge in [0.1, 0.15) is 12.3 Å². The molecule has 0 unspecified atom stereocenters. The Hall–Kier alpha value is -3.15. The zero-order valence-corrected chi connectivity index (χ0v) is 14.8. The predicted octanol–water partition coefficient (Wildman–Crippen LogP) is 2.34. The summed E-state index contributed by atoms with van der Waals surface area (Å²) >= 11 is 0. The number of nitrogens with zero attached hydrogens (tertiary/aromatic N) is 2. The van der Waals surface area contributed by atoms with Crippen LogP contribution in [0.2, 0.25) is 0 Å². The number of likely N-dealkylation sites (N-methyl/N-ethyl adjacent to an activating group) is 1. The first-order chi connectivity index (χ1) is 12.5. The van der Waals surface area contributed by atoms with Gasteiger partial charge in [-0.05, 0) is 36.8 Å². The summed E-state index contributed by atoms with van der Waals surface area (Å²) < 4.78 is 5.39. The fourth-order valence-corrected chi connectivity index (χ4v) is 2.86. The molecule has 0 N–H and O–H groups in total. The smallest absolute Gasteiger partial charge is 0.262 e. The van der Waals surface area contributed by atoms with Crippen LogP contribution in [-0.4, -0.2) is 47.7 Å². The van der Waals surface area contributed by atoms with Gasteiger partial charge in [0, 0.05) is 13.6 Å². The number of carbonyl (C=O) groups is 3. The summed E-state index contributed by atoms with van der Waals surface area (Å²) in [4.78, 5) is 39.7. The van der Waals surface area contributed by atoms with Gasteiger partial charge >= 0.3 is 0 Å². The third-order valence-corrected chi connectivity index (χ3v) is 4.25. The minimum atomic E-state index is -0.423. The number of hydrogen-bond donors (Lipinski definition) is 0. The molecule has 0 radical (unpaired) electrons. The summed E-state index contributed by atoms with van der Waals surface area (Å²) in [5, 5.41) is 0. The zero-order valence-electron chi connectivity index (χ0n) is 14.8. The minimum absolute atomic E-state index is 0.264. The number of benzene rings is 2. The summed E-state index contributed by atoms with van der Waals surface area (Å²) in [5.74, 6) is -0.369. The molecule has 0 fully saturated rings. The molecule has 3 rings (SSSR count). The van der Waals surface area contributed by atoms with Crippen LogP contribution in [-0.2, 0) is 11.3 Å². The Bertz CT molecular complexity index is 810. The highest BCUT2D eigenvalue weighted by molar-refractivity contribution is 6.22. The summed E-state index contributed by atoms with van der Waals surface area (Å²) in [6.07, 6.45) is 0. The number of fused-ring (bicyclic) bond motifs is 1. The zero-order chi connectivity index (χ0) is 18.7. The van der Waals surface area contributed by atoms with Crippen LogP contribution in [0.4, 0.5) is 0 Å². The van der Waals surface area contributed by atoms with Gasteiger partial charge in [-0.15, -0.1) is 0 Å². The van der Waals surface area contributed by atoms with E-state index in [2.05, 4.69) is 0 Å². The number of amides is 3. The van der Waals surface area contributed by atoms with Gasteiger partial charge in [-0.3, -0.25) is 19.3 Å². The molecule has 3 amide bonds. The molecule has 0 saturated heterocycles. The van der Waals surface area contributed by atoms with Gasteiger partial charge in [0.2, 0.25) is 5.91 Å². The quantitative estimate of drug-likeness (QED) is 0.749. The first-order valence-electron chi connectivity index (χ1n) is 8.42. The average molecular weight is 352 g/mol. The van der Waals surface area contributed by atoms with Crippen LogP contribution in [0, 0.1) is 0 Å². The number of hydrogen-bond acceptors (Lipinski definition) is 4. The lowest BCUT2D eigenvalue weighted by Gasteiger charge is -2.21. The Morgan fingerprint density at radius 2 is 1.58 bits per heavy atom. The lowest BCUT2D eigenvalue weighted by molar-refractivity contribution is -0.130. The van der Waals surface area contributed by atoms with E-state index in [9.17, 15) is 14.4 Å². The molecule has 26 heavy (non-hydrogen) atoms. The van der Waals surface area contributed by atoms with Crippen molar-refractivity contribution in [2.24, 2.45) is 0 Å². The Labute approximate surface area is 152 Å². The lowest BCUT2D eigenvalue weighted by atomic mass is 10.1. The summed E-state index contributed by atoms with van der Waals surface area (Å²) in [6.45, 7) is 2.63. The van der Waals surface area contributed by atoms with Crippen molar-refractivity contribution in [3.05, 3.63) is 65.2 Å². The standard InChI is InChI=1S/C20H20N2O4/c1-3-26-15-10-8-14(9-11-15)12-21(2)18(23)13-22-19(24)16-6-4-5-7-17(16)20(22)25/h4-11H,3,12-13H2,1-2H3. The fourth-order valence-electron chi connectivity index (χ4n) is 2.86. The van der Waals surface area contributed by atoms with Crippen LogP contribution >= 0.6 is 0 Å². The first-order valence-corrected chi connectivity index (χ1v) is 8.42. The number of carbonyl (C=O) groups excluding carboxylic acids is 3. The van der Waals surface area contributed by atoms with E-state index in [0.29, 0.717) is 24.3 Å². The van der Waals surface area contributed by atoms with Gasteiger partial charge < -0.3 is 9.64 Å². The highest BCUT2D eigenvalue weighted by atomic mass is 16.5. The normalized spacial score (nSPS) is 12.9. The van der Waals surface area contributed by atoms with Gasteiger partial charge in [0.25, 0.3) is 11.8 Å². The van der Waals surface area contributed by atoms with Crippen molar-refractivity contribution in [2.45, 2.75) is 13.5 Å². The summed E-state index contributed by atoms with van der Waals surface area (Å²) in [5.41, 5.74) is 1.63. The van der Waals surface area contributed by atoms with Crippen LogP contribution in [0.25, 0.3) is 0 Å². The molecule has 0 aromatic heterocycles. The molecule has 6 nitrogen and oxygen atoms in total. The Morgan fingerprint density at radius 3 is 2.12 bits per heavy atom. The molecule has 2 aromatic rings. The fraction of sp³-hybridized carbons (Fsp3) is 0.250. The monoisotopic (exact) mass is 352 g/mol. The third kappa shape index (κ3) is 3.44. The van der Waals surface area contributed by atoms with Crippen molar-refractivity contribution in [1.82, 2.24) is 9.80 Å². The van der Waals surface area contributed by atoms with Crippen molar-refractivity contribution in [1.29, 1.82) is 0 Å². The molecule has 1 aliphatic rings. The van der Waals surface area contributed by atoms with Crippen LogP contribution in [0.5, 0.6) is 5.75 Å². The highest BCUT2D eigenvalue weighted by Crippen LogP contribution is 2.22. The van der Waals surface area contributed by atoms with Gasteiger partial charge in [-0.25, -0.2) is 0 Å². The van der Waals surface area contributed by atoms with Crippen LogP contribution < -0.4 is 4.74 Å². The Morgan fingerprint density at radius 1 is 1.00 bits per heavy atom. The highest BCUT2D eigenvalue weighted by Gasteiger charge is 2.36. The van der Waals surface area contributed by atoms with E-state index in [1.165, 1.54) is 4.90 Å². The molecule has 2 aromatic carbocycles. The van der Waals surface area contributed by atoms with Crippen LogP contribution in [0.15, 0.2) is 48.5 Å². The third-order valence-electron chi connectivity index (χ3n) is 4.25. The Kier molecular flexibility index (Phi) is 5.02. The summed E-state index contributed by atoms with van der Waals surface area (Å²) in [6, 6.07) is 14.1. The predicted molar refractivity (Wildman–Crippen MR) is 95.9 cm³/mol. The molecular formula is C20H20N2O4. The van der Waals surface area contributed by atoms with E-state index in [4.69, 9.17) is 4.74 Å². The van der Waals surface area contributed by atoms with Crippen molar-refractivity contribution in [2.75, 3.05) is 20.2 Å². The first kappa shape index (κ1) is 17.7. The van der Waals surface area contributed by atoms with E-state index in [0.717, 1.165) is 16.2 Å². The molecule has 0 saturated carbocycles. The topological polar surface area (TPSA) is 66.9 Å². The van der Waals surface area contributed by atoms with Gasteiger partial charge in [0.15, 0.2) is 0 Å². The molecular weight excluding hydrogens is 332 g/mol. The van der Waals surface area contributed by atoms with Crippen molar-refractivity contribution >= 4 is 17.7 Å². The minimum Gasteiger partial charge on any atom is -0.494 e. The molecule has 1 heterocycles. The molecule has 6 heteroatoms. The lowest BCUT2D eigenvalue weighted by Crippen LogP contribution is -2.40. The maximum Gasteiger partial charge on any atom is 0.262 e. The van der Waals surface area contributed by atoms with E-state index in [-0.39, 0.29) is 12.5 Å². The number of rotatable bonds is 6. The van der Waals surface area contributed by atoms with Crippen molar-refractivity contribution < 1.29 is 19.1 Å². The van der Waals surface area contributed by atoms with Gasteiger partial charge in [-0.2, -0.15) is 0 Å². The maximum absolute atomic E-state index is 12.5. The van der Waals surface area contributed by atoms with E-state index in [1.54, 1.807) is 31.3 Å². The maximum atomic E-state index is 12.5. The Balaban J connectivity index is 1.63. The molecule has 1 aliphatic heterocycles. The van der Waals surface area contributed by atoms with Gasteiger partial charge in [-0.1, -0.05) is 24.3 Å². The second-order valence-electron chi connectivity index (χ2n) is 6.07. The molecule has 0 bridgehead atoms. The van der Waals surface area contributed by atoms with E-state index < -0.39 is 11.8 Å². The molecule has 0 atom stereocenters. The van der Waals surface area contributed by atoms with Crippen molar-refractivity contribution in [3.8, 4) is 5.75 Å². The second-order valence-corrected chi connectivity index (χ2v) is 6.07. The van der Waals surface area contributed by atoms with Gasteiger partial charge in [0.05, 0.1) is 17.7 Å². The van der Waals surface area contributed by atoms with E-state index >= 15 is 0 Å². The molecule has 0 aliphatic carbocycles. The largest absolute Gasteiger partial charge is 0.494 e. The SMILES string of the molecule is CCOc1ccc(CN(C)C(=O)CN2C(=O)c3ccccc3C2=O)cc1. The second kappa shape index (κ2) is 7.39. The molecule has 134 valence electrons. The van der Waals surface area contributed by atoms with Crippen molar-refractivity contribution in [3.63, 3.8) is 0 Å². The van der Waals surface area contributed by atoms with Crippen LogP contribution in [0.3, 0.4) is 0 Å². The van der Waals surface area contributed by atoms with Crippen LogP contribution in [0.1, 0.15) is 33.2 Å². The molecule has 0 spiro atoms. The van der Waals surface area contributed by atoms with E-state index in [1.807, 2.05) is 31.2 Å².